The molecule has 1 heterocycles. The first-order valence-corrected chi connectivity index (χ1v) is 10.6. The van der Waals surface area contributed by atoms with Crippen LogP contribution in [0.2, 0.25) is 0 Å². The molecular weight excluding hydrogens is 340 g/mol. The zero-order valence-electron chi connectivity index (χ0n) is 13.0. The van der Waals surface area contributed by atoms with Crippen molar-refractivity contribution in [3.63, 3.8) is 0 Å². The molecule has 0 spiro atoms. The Morgan fingerprint density at radius 3 is 1.75 bits per heavy atom. The van der Waals surface area contributed by atoms with Crippen LogP contribution in [0.15, 0.2) is 92.4 Å². The molecule has 4 rings (SSSR count). The van der Waals surface area contributed by atoms with E-state index in [1.807, 2.05) is 48.5 Å². The second-order valence-electron chi connectivity index (χ2n) is 5.55. The Kier molecular flexibility index (Phi) is 3.62. The molecule has 0 bridgehead atoms. The first-order valence-electron chi connectivity index (χ1n) is 7.44. The van der Waals surface area contributed by atoms with E-state index < -0.39 is 9.84 Å². The maximum absolute atomic E-state index is 11.7. The van der Waals surface area contributed by atoms with Crippen LogP contribution in [0.1, 0.15) is 0 Å². The summed E-state index contributed by atoms with van der Waals surface area (Å²) in [6.45, 7) is 0. The predicted molar refractivity (Wildman–Crippen MR) is 94.7 cm³/mol. The molecule has 3 aromatic rings. The highest BCUT2D eigenvalue weighted by atomic mass is 32.2. The van der Waals surface area contributed by atoms with Crippen molar-refractivity contribution in [2.75, 3.05) is 6.26 Å². The van der Waals surface area contributed by atoms with E-state index in [0.717, 1.165) is 26.2 Å². The number of benzene rings is 3. The molecule has 3 aromatic carbocycles. The van der Waals surface area contributed by atoms with Crippen molar-refractivity contribution in [3.05, 3.63) is 72.8 Å². The van der Waals surface area contributed by atoms with Crippen molar-refractivity contribution >= 4 is 20.7 Å². The van der Waals surface area contributed by atoms with Gasteiger partial charge in [0.1, 0.15) is 10.9 Å². The van der Waals surface area contributed by atoms with Gasteiger partial charge in [-0.2, -0.15) is 0 Å². The number of hydrogen-bond acceptors (Lipinski definition) is 3. The van der Waals surface area contributed by atoms with Crippen molar-refractivity contribution in [1.82, 2.24) is 0 Å². The lowest BCUT2D eigenvalue weighted by Gasteiger charge is -2.19. The third-order valence-corrected chi connectivity index (χ3v) is 7.27. The molecule has 120 valence electrons. The number of para-hydroxylation sites is 2. The first-order chi connectivity index (χ1) is 11.5. The highest BCUT2D eigenvalue weighted by molar-refractivity contribution is 7.97. The number of ether oxygens (including phenoxy) is 1. The zero-order valence-corrected chi connectivity index (χ0v) is 14.6. The molecule has 0 amide bonds. The molecule has 0 fully saturated rings. The van der Waals surface area contributed by atoms with Crippen LogP contribution < -0.4 is 4.74 Å². The summed E-state index contributed by atoms with van der Waals surface area (Å²) in [5.41, 5.74) is 0. The average molecular weight is 355 g/mol. The van der Waals surface area contributed by atoms with Crippen LogP contribution >= 0.6 is 0 Å². The lowest BCUT2D eigenvalue weighted by Crippen LogP contribution is -2.12. The largest absolute Gasteiger partial charge is 0.447 e. The quantitative estimate of drug-likeness (QED) is 0.504. The number of sulfone groups is 1. The molecule has 0 N–H and O–H groups in total. The van der Waals surface area contributed by atoms with E-state index in [1.165, 1.54) is 6.26 Å². The standard InChI is InChI=1S/C19H15O3S2/c1-24(20,21)15-12-10-14(11-13-15)23-18-8-4-2-6-16(18)22-17-7-3-5-9-19(17)23/h2-13H,1H3/q+1. The van der Waals surface area contributed by atoms with Gasteiger partial charge < -0.3 is 4.74 Å². The molecule has 0 aromatic heterocycles. The summed E-state index contributed by atoms with van der Waals surface area (Å²) in [7, 11) is -3.51. The maximum Gasteiger partial charge on any atom is 0.209 e. The molecule has 0 radical (unpaired) electrons. The van der Waals surface area contributed by atoms with Crippen molar-refractivity contribution < 1.29 is 13.2 Å². The third-order valence-electron chi connectivity index (χ3n) is 3.85. The Hall–Kier alpha value is -2.24. The summed E-state index contributed by atoms with van der Waals surface area (Å²) in [5, 5.41) is 0. The number of fused-ring (bicyclic) bond motifs is 2. The summed E-state index contributed by atoms with van der Waals surface area (Å²) in [5.74, 6) is 1.71. The van der Waals surface area contributed by atoms with Gasteiger partial charge >= 0.3 is 0 Å². The van der Waals surface area contributed by atoms with Gasteiger partial charge in [-0.05, 0) is 48.5 Å². The van der Waals surface area contributed by atoms with E-state index in [-0.39, 0.29) is 10.9 Å². The number of rotatable bonds is 2. The fraction of sp³-hybridized carbons (Fsp3) is 0.0526. The smallest absolute Gasteiger partial charge is 0.209 e. The second kappa shape index (κ2) is 5.69. The Morgan fingerprint density at radius 1 is 0.750 bits per heavy atom. The molecule has 24 heavy (non-hydrogen) atoms. The average Bonchev–Trinajstić information content (AvgIpc) is 2.59. The van der Waals surface area contributed by atoms with Crippen LogP contribution in [0.5, 0.6) is 11.5 Å². The molecule has 3 nitrogen and oxygen atoms in total. The fourth-order valence-electron chi connectivity index (χ4n) is 2.72. The number of hydrogen-bond donors (Lipinski definition) is 0. The van der Waals surface area contributed by atoms with Crippen molar-refractivity contribution in [3.8, 4) is 11.5 Å². The van der Waals surface area contributed by atoms with Gasteiger partial charge in [0, 0.05) is 6.26 Å². The Morgan fingerprint density at radius 2 is 1.25 bits per heavy atom. The summed E-state index contributed by atoms with van der Waals surface area (Å²) in [6.07, 6.45) is 1.23. The van der Waals surface area contributed by atoms with Gasteiger partial charge in [-0.1, -0.05) is 24.3 Å². The van der Waals surface area contributed by atoms with Gasteiger partial charge in [0.25, 0.3) is 0 Å². The van der Waals surface area contributed by atoms with Crippen LogP contribution in [0.25, 0.3) is 0 Å². The highest BCUT2D eigenvalue weighted by Crippen LogP contribution is 2.46. The minimum atomic E-state index is -3.19. The molecule has 0 unspecified atom stereocenters. The minimum absolute atomic E-state index is 0.313. The first kappa shape index (κ1) is 15.3. The molecule has 0 aliphatic carbocycles. The SMILES string of the molecule is CS(=O)(=O)c1ccc([S+]2c3ccccc3Oc3ccccc32)cc1. The van der Waals surface area contributed by atoms with Gasteiger partial charge in [0.15, 0.2) is 26.2 Å². The van der Waals surface area contributed by atoms with Crippen molar-refractivity contribution in [2.24, 2.45) is 0 Å². The van der Waals surface area contributed by atoms with Crippen LogP contribution in [0.4, 0.5) is 0 Å². The van der Waals surface area contributed by atoms with Crippen LogP contribution in [0, 0.1) is 0 Å². The van der Waals surface area contributed by atoms with E-state index >= 15 is 0 Å². The van der Waals surface area contributed by atoms with Crippen LogP contribution in [0.3, 0.4) is 0 Å². The van der Waals surface area contributed by atoms with E-state index in [2.05, 4.69) is 12.1 Å². The van der Waals surface area contributed by atoms with Crippen molar-refractivity contribution in [1.29, 1.82) is 0 Å². The van der Waals surface area contributed by atoms with E-state index in [9.17, 15) is 8.42 Å². The van der Waals surface area contributed by atoms with E-state index in [4.69, 9.17) is 4.74 Å². The van der Waals surface area contributed by atoms with Crippen LogP contribution in [-0.2, 0) is 20.7 Å². The highest BCUT2D eigenvalue weighted by Gasteiger charge is 2.38. The molecule has 5 heteroatoms. The van der Waals surface area contributed by atoms with Gasteiger partial charge in [-0.3, -0.25) is 0 Å². The fourth-order valence-corrected chi connectivity index (χ4v) is 5.55. The summed E-state index contributed by atoms with van der Waals surface area (Å²) >= 11 is 0. The lowest BCUT2D eigenvalue weighted by molar-refractivity contribution is 0.453. The molecule has 1 aliphatic rings. The van der Waals surface area contributed by atoms with Gasteiger partial charge in [-0.15, -0.1) is 0 Å². The lowest BCUT2D eigenvalue weighted by atomic mass is 10.3. The van der Waals surface area contributed by atoms with E-state index in [1.54, 1.807) is 12.1 Å². The predicted octanol–water partition coefficient (Wildman–Crippen LogP) is 4.29. The monoisotopic (exact) mass is 355 g/mol. The van der Waals surface area contributed by atoms with Gasteiger partial charge in [0.05, 0.1) is 4.90 Å². The molecule has 0 saturated heterocycles. The van der Waals surface area contributed by atoms with Crippen LogP contribution in [-0.4, -0.2) is 14.7 Å². The van der Waals surface area contributed by atoms with Crippen molar-refractivity contribution in [2.45, 2.75) is 19.6 Å². The summed E-state index contributed by atoms with van der Waals surface area (Å²) in [6, 6.07) is 23.2. The van der Waals surface area contributed by atoms with E-state index in [0.29, 0.717) is 4.90 Å². The second-order valence-corrected chi connectivity index (χ2v) is 9.52. The molecule has 0 saturated carbocycles. The minimum Gasteiger partial charge on any atom is -0.447 e. The summed E-state index contributed by atoms with van der Waals surface area (Å²) < 4.78 is 29.4. The Labute approximate surface area is 144 Å². The topological polar surface area (TPSA) is 43.4 Å². The molecular formula is C19H15O3S2+. The maximum atomic E-state index is 11.7. The zero-order chi connectivity index (χ0) is 16.7. The Bertz CT molecular complexity index is 963. The van der Waals surface area contributed by atoms with Gasteiger partial charge in [-0.25, -0.2) is 8.42 Å². The van der Waals surface area contributed by atoms with Gasteiger partial charge in [0.2, 0.25) is 9.79 Å². The molecule has 1 aliphatic heterocycles. The molecule has 0 atom stereocenters. The Balaban J connectivity index is 1.89. The third kappa shape index (κ3) is 2.60. The normalized spacial score (nSPS) is 13.7. The summed E-state index contributed by atoms with van der Waals surface area (Å²) in [4.78, 5) is 3.64.